The quantitative estimate of drug-likeness (QED) is 0.536. The number of nitrogens with zero attached hydrogens (tertiary/aromatic N) is 1. The fraction of sp³-hybridized carbons (Fsp3) is 0.278. The predicted molar refractivity (Wildman–Crippen MR) is 94.3 cm³/mol. The number of non-ortho nitro benzene ring substituents is 1. The van der Waals surface area contributed by atoms with Crippen LogP contribution in [0.15, 0.2) is 48.5 Å². The van der Waals surface area contributed by atoms with Crippen molar-refractivity contribution >= 4 is 11.6 Å². The molecular weight excluding hydrogens is 338 g/mol. The van der Waals surface area contributed by atoms with Gasteiger partial charge in [0.25, 0.3) is 11.6 Å². The average molecular weight is 357 g/mol. The Hall–Kier alpha value is -2.97. The van der Waals surface area contributed by atoms with Gasteiger partial charge >= 0.3 is 0 Å². The second-order valence-corrected chi connectivity index (χ2v) is 6.05. The zero-order chi connectivity index (χ0) is 18.5. The molecule has 26 heavy (non-hydrogen) atoms. The van der Waals surface area contributed by atoms with Crippen molar-refractivity contribution in [3.05, 3.63) is 64.2 Å². The summed E-state index contributed by atoms with van der Waals surface area (Å²) in [6, 6.07) is 12.7. The molecule has 1 aliphatic rings. The van der Waals surface area contributed by atoms with Crippen LogP contribution in [0, 0.1) is 16.0 Å². The maximum absolute atomic E-state index is 12.6. The minimum Gasteiger partial charge on any atom is -0.457 e. The van der Waals surface area contributed by atoms with E-state index in [4.69, 9.17) is 4.74 Å². The second-order valence-electron chi connectivity index (χ2n) is 6.05. The highest BCUT2D eigenvalue weighted by atomic mass is 16.6. The maximum atomic E-state index is 12.6. The number of carbonyl (C=O) groups is 1. The first-order valence-corrected chi connectivity index (χ1v) is 8.23. The van der Waals surface area contributed by atoms with E-state index in [2.05, 4.69) is 10.6 Å². The number of rotatable bonds is 6. The van der Waals surface area contributed by atoms with Gasteiger partial charge in [0, 0.05) is 37.7 Å². The lowest BCUT2D eigenvalue weighted by Crippen LogP contribution is -2.34. The molecule has 8 nitrogen and oxygen atoms in total. The third-order valence-corrected chi connectivity index (χ3v) is 4.22. The van der Waals surface area contributed by atoms with Crippen LogP contribution in [0.3, 0.4) is 0 Å². The van der Waals surface area contributed by atoms with Crippen LogP contribution in [0.25, 0.3) is 0 Å². The Morgan fingerprint density at radius 3 is 2.69 bits per heavy atom. The maximum Gasteiger partial charge on any atom is 0.270 e. The molecule has 136 valence electrons. The first kappa shape index (κ1) is 17.8. The number of aliphatic hydroxyl groups excluding tert-OH is 1. The molecule has 8 heteroatoms. The molecule has 2 aromatic carbocycles. The molecule has 1 heterocycles. The molecule has 2 aromatic rings. The van der Waals surface area contributed by atoms with Crippen LogP contribution in [0.5, 0.6) is 11.5 Å². The number of para-hydroxylation sites is 1. The first-order valence-electron chi connectivity index (χ1n) is 8.23. The third-order valence-electron chi connectivity index (χ3n) is 4.22. The van der Waals surface area contributed by atoms with Crippen LogP contribution < -0.4 is 15.4 Å². The van der Waals surface area contributed by atoms with Crippen LogP contribution in [-0.2, 0) is 0 Å². The number of nitro benzene ring substituents is 1. The van der Waals surface area contributed by atoms with Gasteiger partial charge in [-0.2, -0.15) is 0 Å². The molecule has 0 aliphatic carbocycles. The molecule has 0 bridgehead atoms. The molecular formula is C18H19N3O5. The van der Waals surface area contributed by atoms with Crippen LogP contribution in [0.4, 0.5) is 5.69 Å². The van der Waals surface area contributed by atoms with Gasteiger partial charge in [0.2, 0.25) is 0 Å². The zero-order valence-electron chi connectivity index (χ0n) is 13.9. The average Bonchev–Trinajstić information content (AvgIpc) is 3.05. The normalized spacial score (nSPS) is 19.1. The number of carbonyl (C=O) groups excluding carboxylic acids is 1. The molecule has 0 spiro atoms. The van der Waals surface area contributed by atoms with Gasteiger partial charge in [0.05, 0.1) is 16.6 Å². The molecule has 1 fully saturated rings. The van der Waals surface area contributed by atoms with Crippen molar-refractivity contribution in [3.8, 4) is 11.5 Å². The number of aliphatic hydroxyl groups is 1. The van der Waals surface area contributed by atoms with Crippen LogP contribution in [0.2, 0.25) is 0 Å². The highest BCUT2D eigenvalue weighted by molar-refractivity contribution is 5.97. The molecule has 1 amide bonds. The van der Waals surface area contributed by atoms with E-state index in [1.807, 2.05) is 6.07 Å². The number of β-amino-alcohol motifs (C(OH)–C–C–N with tert-alkyl or cyclic N) is 1. The van der Waals surface area contributed by atoms with Gasteiger partial charge in [-0.05, 0) is 18.2 Å². The molecule has 3 N–H and O–H groups in total. The van der Waals surface area contributed by atoms with E-state index in [-0.39, 0.29) is 29.5 Å². The van der Waals surface area contributed by atoms with E-state index in [9.17, 15) is 20.0 Å². The lowest BCUT2D eigenvalue weighted by atomic mass is 10.1. The van der Waals surface area contributed by atoms with E-state index in [0.717, 1.165) is 0 Å². The van der Waals surface area contributed by atoms with Crippen molar-refractivity contribution in [1.29, 1.82) is 0 Å². The molecule has 0 saturated carbocycles. The van der Waals surface area contributed by atoms with Gasteiger partial charge in [0.15, 0.2) is 0 Å². The number of hydrogen-bond acceptors (Lipinski definition) is 6. The summed E-state index contributed by atoms with van der Waals surface area (Å²) in [5, 5.41) is 26.6. The summed E-state index contributed by atoms with van der Waals surface area (Å²) in [6.07, 6.45) is -0.527. The number of ether oxygens (including phenoxy) is 1. The Morgan fingerprint density at radius 1 is 1.27 bits per heavy atom. The molecule has 2 unspecified atom stereocenters. The minimum atomic E-state index is -0.562. The lowest BCUT2D eigenvalue weighted by molar-refractivity contribution is -0.384. The molecule has 3 rings (SSSR count). The summed E-state index contributed by atoms with van der Waals surface area (Å²) in [5.41, 5.74) is -0.123. The van der Waals surface area contributed by atoms with Crippen molar-refractivity contribution in [2.75, 3.05) is 19.6 Å². The Bertz CT molecular complexity index is 797. The number of nitrogens with one attached hydrogen (secondary N) is 2. The summed E-state index contributed by atoms with van der Waals surface area (Å²) in [4.78, 5) is 23.1. The smallest absolute Gasteiger partial charge is 0.270 e. The van der Waals surface area contributed by atoms with E-state index in [1.165, 1.54) is 18.2 Å². The lowest BCUT2D eigenvalue weighted by Gasteiger charge is -2.15. The summed E-state index contributed by atoms with van der Waals surface area (Å²) in [7, 11) is 0. The fourth-order valence-electron chi connectivity index (χ4n) is 2.76. The van der Waals surface area contributed by atoms with E-state index in [1.54, 1.807) is 24.3 Å². The Labute approximate surface area is 149 Å². The monoisotopic (exact) mass is 357 g/mol. The van der Waals surface area contributed by atoms with Crippen molar-refractivity contribution < 1.29 is 19.6 Å². The van der Waals surface area contributed by atoms with Crippen molar-refractivity contribution in [2.24, 2.45) is 5.92 Å². The SMILES string of the molecule is O=C(NCC1CNCC1O)c1cc([N+](=O)[O-])ccc1Oc1ccccc1. The number of hydrogen-bond donors (Lipinski definition) is 3. The zero-order valence-corrected chi connectivity index (χ0v) is 13.9. The van der Waals surface area contributed by atoms with Crippen molar-refractivity contribution in [1.82, 2.24) is 10.6 Å². The topological polar surface area (TPSA) is 114 Å². The van der Waals surface area contributed by atoms with Gasteiger partial charge in [-0.15, -0.1) is 0 Å². The van der Waals surface area contributed by atoms with Gasteiger partial charge in [0.1, 0.15) is 11.5 Å². The van der Waals surface area contributed by atoms with Crippen LogP contribution >= 0.6 is 0 Å². The van der Waals surface area contributed by atoms with Crippen molar-refractivity contribution in [3.63, 3.8) is 0 Å². The van der Waals surface area contributed by atoms with Crippen LogP contribution in [0.1, 0.15) is 10.4 Å². The van der Waals surface area contributed by atoms with Gasteiger partial charge < -0.3 is 20.5 Å². The standard InChI is InChI=1S/C18H19N3O5/c22-16-11-19-9-12(16)10-20-18(23)15-8-13(21(24)25)6-7-17(15)26-14-4-2-1-3-5-14/h1-8,12,16,19,22H,9-11H2,(H,20,23). The molecule has 0 aromatic heterocycles. The number of amides is 1. The van der Waals surface area contributed by atoms with E-state index >= 15 is 0 Å². The molecule has 2 atom stereocenters. The minimum absolute atomic E-state index is 0.0727. The van der Waals surface area contributed by atoms with E-state index < -0.39 is 16.9 Å². The summed E-state index contributed by atoms with van der Waals surface area (Å²) >= 11 is 0. The predicted octanol–water partition coefficient (Wildman–Crippen LogP) is 1.70. The highest BCUT2D eigenvalue weighted by Crippen LogP contribution is 2.28. The Balaban J connectivity index is 1.80. The fourth-order valence-corrected chi connectivity index (χ4v) is 2.76. The number of benzene rings is 2. The largest absolute Gasteiger partial charge is 0.457 e. The van der Waals surface area contributed by atoms with E-state index in [0.29, 0.717) is 18.8 Å². The Kier molecular flexibility index (Phi) is 5.45. The van der Waals surface area contributed by atoms with Gasteiger partial charge in [-0.1, -0.05) is 18.2 Å². The summed E-state index contributed by atoms with van der Waals surface area (Å²) < 4.78 is 5.71. The molecule has 1 saturated heterocycles. The first-order chi connectivity index (χ1) is 12.5. The molecule has 1 aliphatic heterocycles. The summed E-state index contributed by atoms with van der Waals surface area (Å²) in [6.45, 7) is 1.35. The van der Waals surface area contributed by atoms with Crippen molar-refractivity contribution in [2.45, 2.75) is 6.10 Å². The number of nitro groups is 1. The van der Waals surface area contributed by atoms with Gasteiger partial charge in [-0.25, -0.2) is 0 Å². The second kappa shape index (κ2) is 7.94. The third kappa shape index (κ3) is 4.16. The molecule has 0 radical (unpaired) electrons. The van der Waals surface area contributed by atoms with Crippen LogP contribution in [-0.4, -0.2) is 41.7 Å². The summed E-state index contributed by atoms with van der Waals surface area (Å²) in [5.74, 6) is 0.157. The highest BCUT2D eigenvalue weighted by Gasteiger charge is 2.26. The van der Waals surface area contributed by atoms with Gasteiger partial charge in [-0.3, -0.25) is 14.9 Å². The Morgan fingerprint density at radius 2 is 2.04 bits per heavy atom.